The summed E-state index contributed by atoms with van der Waals surface area (Å²) in [5, 5.41) is 19.6. The molecule has 0 aliphatic carbocycles. The fraction of sp³-hybridized carbons (Fsp3) is 0.318. The van der Waals surface area contributed by atoms with Gasteiger partial charge in [0.2, 0.25) is 5.78 Å². The van der Waals surface area contributed by atoms with E-state index in [0.29, 0.717) is 38.8 Å². The van der Waals surface area contributed by atoms with Crippen LogP contribution in [0.4, 0.5) is 5.00 Å². The van der Waals surface area contributed by atoms with Gasteiger partial charge in [0.15, 0.2) is 5.16 Å². The Kier molecular flexibility index (Phi) is 6.67. The van der Waals surface area contributed by atoms with E-state index in [4.69, 9.17) is 10.5 Å². The molecule has 3 heterocycles. The van der Waals surface area contributed by atoms with Gasteiger partial charge < -0.3 is 10.5 Å². The lowest BCUT2D eigenvalue weighted by Gasteiger charge is -2.11. The lowest BCUT2D eigenvalue weighted by Crippen LogP contribution is -2.23. The molecule has 0 spiro atoms. The number of aryl methyl sites for hydroxylation is 1. The van der Waals surface area contributed by atoms with Gasteiger partial charge in [-0.15, -0.1) is 21.5 Å². The molecule has 4 aromatic rings. The zero-order chi connectivity index (χ0) is 23.5. The summed E-state index contributed by atoms with van der Waals surface area (Å²) < 4.78 is 8.64. The van der Waals surface area contributed by atoms with Crippen LogP contribution in [0, 0.1) is 11.3 Å². The van der Waals surface area contributed by atoms with E-state index in [-0.39, 0.29) is 28.5 Å². The Morgan fingerprint density at radius 1 is 1.30 bits per heavy atom. The molecular weight excluding hydrogens is 460 g/mol. The van der Waals surface area contributed by atoms with Crippen molar-refractivity contribution in [1.29, 1.82) is 5.26 Å². The second-order valence-electron chi connectivity index (χ2n) is 7.22. The van der Waals surface area contributed by atoms with E-state index >= 15 is 0 Å². The smallest absolute Gasteiger partial charge is 0.348 e. The minimum absolute atomic E-state index is 0.0996. The Hall–Kier alpha value is -3.36. The van der Waals surface area contributed by atoms with Crippen molar-refractivity contribution in [3.63, 3.8) is 0 Å². The Bertz CT molecular complexity index is 1450. The number of thiophene rings is 1. The average molecular weight is 483 g/mol. The number of nitrogens with zero attached hydrogens (tertiary/aromatic N) is 5. The number of benzene rings is 1. The van der Waals surface area contributed by atoms with Gasteiger partial charge in [-0.25, -0.2) is 4.79 Å². The van der Waals surface area contributed by atoms with E-state index in [1.807, 2.05) is 22.6 Å². The van der Waals surface area contributed by atoms with Gasteiger partial charge in [0, 0.05) is 17.9 Å². The van der Waals surface area contributed by atoms with Crippen molar-refractivity contribution in [2.45, 2.75) is 44.1 Å². The number of nitrogen functional groups attached to an aromatic ring is 1. The molecule has 0 saturated carbocycles. The van der Waals surface area contributed by atoms with Crippen molar-refractivity contribution in [1.82, 2.24) is 19.2 Å². The second-order valence-corrected chi connectivity index (χ2v) is 9.21. The third kappa shape index (κ3) is 4.07. The Morgan fingerprint density at radius 3 is 2.82 bits per heavy atom. The first-order valence-electron chi connectivity index (χ1n) is 10.5. The van der Waals surface area contributed by atoms with Crippen LogP contribution in [0.2, 0.25) is 0 Å². The van der Waals surface area contributed by atoms with E-state index in [2.05, 4.69) is 23.2 Å². The first kappa shape index (κ1) is 22.8. The number of carbonyl (C=O) groups is 1. The van der Waals surface area contributed by atoms with E-state index < -0.39 is 5.97 Å². The molecule has 2 N–H and O–H groups in total. The fourth-order valence-corrected chi connectivity index (χ4v) is 5.58. The first-order chi connectivity index (χ1) is 16.0. The molecule has 0 saturated heterocycles. The maximum Gasteiger partial charge on any atom is 0.348 e. The number of aromatic nitrogens is 4. The van der Waals surface area contributed by atoms with Crippen molar-refractivity contribution < 1.29 is 9.53 Å². The van der Waals surface area contributed by atoms with Crippen molar-refractivity contribution in [3.8, 4) is 6.07 Å². The molecule has 0 aliphatic heterocycles. The third-order valence-electron chi connectivity index (χ3n) is 5.17. The molecule has 0 fully saturated rings. The van der Waals surface area contributed by atoms with Gasteiger partial charge in [-0.2, -0.15) is 5.26 Å². The van der Waals surface area contributed by atoms with Crippen LogP contribution in [0.25, 0.3) is 16.7 Å². The summed E-state index contributed by atoms with van der Waals surface area (Å²) in [5.41, 5.74) is 7.38. The number of ether oxygens (including phenoxy) is 1. The van der Waals surface area contributed by atoms with Gasteiger partial charge in [-0.05, 0) is 25.5 Å². The number of esters is 1. The summed E-state index contributed by atoms with van der Waals surface area (Å²) in [6, 6.07) is 9.43. The molecule has 0 atom stereocenters. The molecule has 0 radical (unpaired) electrons. The van der Waals surface area contributed by atoms with Gasteiger partial charge in [-0.1, -0.05) is 37.2 Å². The molecule has 0 bridgehead atoms. The molecule has 4 rings (SSSR count). The number of nitriles is 1. The predicted octanol–water partition coefficient (Wildman–Crippen LogP) is 3.83. The minimum Gasteiger partial charge on any atom is -0.462 e. The maximum atomic E-state index is 13.1. The largest absolute Gasteiger partial charge is 0.462 e. The summed E-state index contributed by atoms with van der Waals surface area (Å²) in [5.74, 6) is 0.232. The van der Waals surface area contributed by atoms with E-state index in [1.165, 1.54) is 11.8 Å². The zero-order valence-corrected chi connectivity index (χ0v) is 19.8. The number of fused-ring (bicyclic) bond motifs is 3. The lowest BCUT2D eigenvalue weighted by molar-refractivity contribution is 0.0531. The molecule has 0 aliphatic rings. The topological polar surface area (TPSA) is 128 Å². The van der Waals surface area contributed by atoms with Crippen molar-refractivity contribution in [2.75, 3.05) is 12.3 Å². The highest BCUT2D eigenvalue weighted by Crippen LogP contribution is 2.35. The minimum atomic E-state index is -0.503. The van der Waals surface area contributed by atoms with Crippen LogP contribution in [0.15, 0.2) is 34.2 Å². The van der Waals surface area contributed by atoms with E-state index in [9.17, 15) is 14.9 Å². The molecule has 9 nitrogen and oxygen atoms in total. The lowest BCUT2D eigenvalue weighted by atomic mass is 10.2. The molecule has 3 aromatic heterocycles. The average Bonchev–Trinajstić information content (AvgIpc) is 3.38. The van der Waals surface area contributed by atoms with Crippen LogP contribution in [0.1, 0.15) is 47.5 Å². The van der Waals surface area contributed by atoms with Gasteiger partial charge in [0.1, 0.15) is 15.9 Å². The first-order valence-corrected chi connectivity index (χ1v) is 12.3. The number of unbranched alkanes of at least 4 members (excludes halogenated alkanes) is 1. The predicted molar refractivity (Wildman–Crippen MR) is 129 cm³/mol. The Labute approximate surface area is 197 Å². The number of thioether (sulfide) groups is 1. The highest BCUT2D eigenvalue weighted by atomic mass is 32.2. The van der Waals surface area contributed by atoms with Crippen LogP contribution in [-0.4, -0.2) is 31.7 Å². The van der Waals surface area contributed by atoms with Crippen LogP contribution in [0.3, 0.4) is 0 Å². The molecule has 0 unspecified atom stereocenters. The number of para-hydroxylation sites is 1. The number of anilines is 1. The number of nitrogens with two attached hydrogens (primary N) is 1. The standard InChI is InChI=1S/C22H22N6O3S2/c1-3-5-10-27-19(29)13-8-6-7-9-16(13)28-21(27)25-26-22(28)32-12-15-14(11-23)18(24)33-17(15)20(30)31-4-2/h6-9H,3-5,10,12,24H2,1-2H3. The highest BCUT2D eigenvalue weighted by molar-refractivity contribution is 7.98. The maximum absolute atomic E-state index is 13.1. The van der Waals surface area contributed by atoms with Crippen LogP contribution in [-0.2, 0) is 17.0 Å². The molecule has 170 valence electrons. The summed E-state index contributed by atoms with van der Waals surface area (Å²) in [6.45, 7) is 4.55. The normalized spacial score (nSPS) is 11.2. The summed E-state index contributed by atoms with van der Waals surface area (Å²) in [4.78, 5) is 25.8. The van der Waals surface area contributed by atoms with Crippen molar-refractivity contribution in [3.05, 3.63) is 50.6 Å². The van der Waals surface area contributed by atoms with Gasteiger partial charge in [0.05, 0.1) is 23.1 Å². The quantitative estimate of drug-likeness (QED) is 0.296. The van der Waals surface area contributed by atoms with Gasteiger partial charge in [0.25, 0.3) is 5.56 Å². The second kappa shape index (κ2) is 9.64. The summed E-state index contributed by atoms with van der Waals surface area (Å²) in [6.07, 6.45) is 1.78. The van der Waals surface area contributed by atoms with Gasteiger partial charge in [-0.3, -0.25) is 13.8 Å². The van der Waals surface area contributed by atoms with Crippen LogP contribution >= 0.6 is 23.1 Å². The molecule has 11 heteroatoms. The molecule has 0 amide bonds. The number of rotatable bonds is 8. The third-order valence-corrected chi connectivity index (χ3v) is 7.16. The van der Waals surface area contributed by atoms with Crippen molar-refractivity contribution in [2.24, 2.45) is 0 Å². The molecule has 33 heavy (non-hydrogen) atoms. The van der Waals surface area contributed by atoms with Crippen molar-refractivity contribution >= 4 is 50.7 Å². The molecular formula is C22H22N6O3S2. The van der Waals surface area contributed by atoms with Crippen LogP contribution in [0.5, 0.6) is 0 Å². The van der Waals surface area contributed by atoms with E-state index in [1.54, 1.807) is 17.6 Å². The number of carbonyl (C=O) groups excluding carboxylic acids is 1. The van der Waals surface area contributed by atoms with Crippen LogP contribution < -0.4 is 11.3 Å². The summed E-state index contributed by atoms with van der Waals surface area (Å²) >= 11 is 2.37. The highest BCUT2D eigenvalue weighted by Gasteiger charge is 2.24. The monoisotopic (exact) mass is 482 g/mol. The SMILES string of the molecule is CCCCn1c(=O)c2ccccc2n2c(SCc3c(C(=O)OCC)sc(N)c3C#N)nnc12. The zero-order valence-electron chi connectivity index (χ0n) is 18.2. The number of hydrogen-bond acceptors (Lipinski definition) is 9. The Balaban J connectivity index is 1.81. The summed E-state index contributed by atoms with van der Waals surface area (Å²) in [7, 11) is 0. The van der Waals surface area contributed by atoms with Gasteiger partial charge >= 0.3 is 5.97 Å². The van der Waals surface area contributed by atoms with E-state index in [0.717, 1.165) is 24.2 Å². The number of hydrogen-bond donors (Lipinski definition) is 1. The fourth-order valence-electron chi connectivity index (χ4n) is 3.59. The molecule has 1 aromatic carbocycles. The Morgan fingerprint density at radius 2 is 2.09 bits per heavy atom.